The van der Waals surface area contributed by atoms with Crippen molar-refractivity contribution >= 4 is 33.2 Å². The molecule has 1 amide bonds. The Morgan fingerprint density at radius 3 is 2.62 bits per heavy atom. The number of para-hydroxylation sites is 1. The van der Waals surface area contributed by atoms with Gasteiger partial charge in [0, 0.05) is 23.8 Å². The first-order chi connectivity index (χ1) is 12.4. The summed E-state index contributed by atoms with van der Waals surface area (Å²) in [5.74, 6) is -0.530. The van der Waals surface area contributed by atoms with Gasteiger partial charge in [-0.05, 0) is 49.6 Å². The van der Waals surface area contributed by atoms with E-state index in [2.05, 4.69) is 5.32 Å². The predicted molar refractivity (Wildman–Crippen MR) is 103 cm³/mol. The van der Waals surface area contributed by atoms with Gasteiger partial charge in [0.2, 0.25) is 15.9 Å². The van der Waals surface area contributed by atoms with Crippen LogP contribution in [-0.4, -0.2) is 31.7 Å². The number of carbonyl (C=O) groups is 1. The highest BCUT2D eigenvalue weighted by Crippen LogP contribution is 2.27. The van der Waals surface area contributed by atoms with Crippen LogP contribution in [0.25, 0.3) is 0 Å². The van der Waals surface area contributed by atoms with E-state index in [1.807, 2.05) is 37.3 Å². The normalized spacial score (nSPS) is 18.5. The first-order valence-corrected chi connectivity index (χ1v) is 10.3. The first-order valence-electron chi connectivity index (χ1n) is 8.50. The molecule has 0 saturated carbocycles. The van der Waals surface area contributed by atoms with Crippen LogP contribution in [-0.2, 0) is 14.8 Å². The molecule has 1 fully saturated rings. The lowest BCUT2D eigenvalue weighted by molar-refractivity contribution is -0.120. The average Bonchev–Trinajstić information content (AvgIpc) is 2.65. The predicted octanol–water partition coefficient (Wildman–Crippen LogP) is 3.69. The molecule has 0 aliphatic carbocycles. The minimum absolute atomic E-state index is 0.155. The van der Waals surface area contributed by atoms with Gasteiger partial charge in [-0.2, -0.15) is 4.31 Å². The molecule has 1 saturated heterocycles. The molecule has 1 N–H and O–H groups in total. The van der Waals surface area contributed by atoms with E-state index in [4.69, 9.17) is 11.6 Å². The Hall–Kier alpha value is -1.89. The van der Waals surface area contributed by atoms with E-state index in [0.29, 0.717) is 30.1 Å². The summed E-state index contributed by atoms with van der Waals surface area (Å²) >= 11 is 6.08. The average molecular weight is 393 g/mol. The second kappa shape index (κ2) is 7.78. The second-order valence-corrected chi connectivity index (χ2v) is 8.81. The van der Waals surface area contributed by atoms with E-state index in [0.717, 1.165) is 5.56 Å². The van der Waals surface area contributed by atoms with E-state index in [1.165, 1.54) is 10.4 Å². The molecule has 0 bridgehead atoms. The molecule has 0 spiro atoms. The number of hydrogen-bond donors (Lipinski definition) is 1. The van der Waals surface area contributed by atoms with Crippen molar-refractivity contribution in [2.75, 3.05) is 18.4 Å². The Labute approximate surface area is 159 Å². The highest BCUT2D eigenvalue weighted by Gasteiger charge is 2.33. The standard InChI is InChI=1S/C19H21ClN2O3S/c1-14-9-10-17(12-18(14)20)26(24,25)22-11-5-6-15(13-22)19(23)21-16-7-3-2-4-8-16/h2-4,7-10,12,15H,5-6,11,13H2,1H3,(H,21,23)/t15-/m1/s1. The Kier molecular flexibility index (Phi) is 5.65. The molecule has 0 radical (unpaired) electrons. The summed E-state index contributed by atoms with van der Waals surface area (Å²) in [5, 5.41) is 3.28. The number of rotatable bonds is 4. The third-order valence-corrected chi connectivity index (χ3v) is 6.85. The Morgan fingerprint density at radius 1 is 1.19 bits per heavy atom. The lowest BCUT2D eigenvalue weighted by Gasteiger charge is -2.31. The van der Waals surface area contributed by atoms with Crippen molar-refractivity contribution < 1.29 is 13.2 Å². The maximum atomic E-state index is 12.9. The molecular formula is C19H21ClN2O3S. The van der Waals surface area contributed by atoms with Gasteiger partial charge in [0.15, 0.2) is 0 Å². The van der Waals surface area contributed by atoms with Gasteiger partial charge < -0.3 is 5.32 Å². The van der Waals surface area contributed by atoms with Crippen LogP contribution in [0.5, 0.6) is 0 Å². The maximum Gasteiger partial charge on any atom is 0.243 e. The summed E-state index contributed by atoms with van der Waals surface area (Å²) in [6.07, 6.45) is 1.31. The number of aryl methyl sites for hydroxylation is 1. The zero-order valence-electron chi connectivity index (χ0n) is 14.5. The zero-order valence-corrected chi connectivity index (χ0v) is 16.1. The van der Waals surface area contributed by atoms with Crippen molar-refractivity contribution in [3.05, 3.63) is 59.1 Å². The number of halogens is 1. The van der Waals surface area contributed by atoms with Gasteiger partial charge in [0.05, 0.1) is 10.8 Å². The molecule has 138 valence electrons. The second-order valence-electron chi connectivity index (χ2n) is 6.47. The molecule has 1 aliphatic rings. The molecule has 1 aliphatic heterocycles. The van der Waals surface area contributed by atoms with Crippen LogP contribution in [0.15, 0.2) is 53.4 Å². The summed E-state index contributed by atoms with van der Waals surface area (Å²) in [4.78, 5) is 12.7. The van der Waals surface area contributed by atoms with Crippen LogP contribution in [0.4, 0.5) is 5.69 Å². The van der Waals surface area contributed by atoms with Gasteiger partial charge in [-0.15, -0.1) is 0 Å². The number of carbonyl (C=O) groups excluding carboxylic acids is 1. The van der Waals surface area contributed by atoms with Gasteiger partial charge in [-0.3, -0.25) is 4.79 Å². The molecule has 0 aromatic heterocycles. The van der Waals surface area contributed by atoms with E-state index in [1.54, 1.807) is 12.1 Å². The van der Waals surface area contributed by atoms with Crippen LogP contribution in [0.1, 0.15) is 18.4 Å². The number of hydrogen-bond acceptors (Lipinski definition) is 3. The molecule has 5 nitrogen and oxygen atoms in total. The number of piperidine rings is 1. The lowest BCUT2D eigenvalue weighted by atomic mass is 9.99. The van der Waals surface area contributed by atoms with E-state index in [-0.39, 0.29) is 23.3 Å². The highest BCUT2D eigenvalue weighted by atomic mass is 35.5. The number of sulfonamides is 1. The molecule has 2 aromatic rings. The van der Waals surface area contributed by atoms with E-state index >= 15 is 0 Å². The molecule has 0 unspecified atom stereocenters. The van der Waals surface area contributed by atoms with Crippen molar-refractivity contribution in [1.82, 2.24) is 4.31 Å². The number of benzene rings is 2. The van der Waals surface area contributed by atoms with E-state index < -0.39 is 10.0 Å². The zero-order chi connectivity index (χ0) is 18.7. The molecule has 3 rings (SSSR count). The van der Waals surface area contributed by atoms with Crippen molar-refractivity contribution in [3.8, 4) is 0 Å². The van der Waals surface area contributed by atoms with Crippen molar-refractivity contribution in [1.29, 1.82) is 0 Å². The van der Waals surface area contributed by atoms with Gasteiger partial charge >= 0.3 is 0 Å². The number of nitrogens with zero attached hydrogens (tertiary/aromatic N) is 1. The largest absolute Gasteiger partial charge is 0.326 e. The summed E-state index contributed by atoms with van der Waals surface area (Å²) in [5.41, 5.74) is 1.53. The van der Waals surface area contributed by atoms with Crippen LogP contribution in [0.2, 0.25) is 5.02 Å². The Morgan fingerprint density at radius 2 is 1.92 bits per heavy atom. The van der Waals surface area contributed by atoms with Gasteiger partial charge in [-0.1, -0.05) is 35.9 Å². The molecule has 1 heterocycles. The van der Waals surface area contributed by atoms with Crippen LogP contribution in [0, 0.1) is 12.8 Å². The fourth-order valence-electron chi connectivity index (χ4n) is 3.02. The molecule has 26 heavy (non-hydrogen) atoms. The molecule has 2 aromatic carbocycles. The molecule has 1 atom stereocenters. The fraction of sp³-hybridized carbons (Fsp3) is 0.316. The Bertz CT molecular complexity index is 900. The van der Waals surface area contributed by atoms with Gasteiger partial charge in [0.1, 0.15) is 0 Å². The van der Waals surface area contributed by atoms with Crippen LogP contribution >= 0.6 is 11.6 Å². The third-order valence-electron chi connectivity index (χ3n) is 4.58. The lowest BCUT2D eigenvalue weighted by Crippen LogP contribution is -2.43. The minimum atomic E-state index is -3.67. The van der Waals surface area contributed by atoms with Crippen molar-refractivity contribution in [2.45, 2.75) is 24.7 Å². The maximum absolute atomic E-state index is 12.9. The molecular weight excluding hydrogens is 372 g/mol. The van der Waals surface area contributed by atoms with Crippen molar-refractivity contribution in [3.63, 3.8) is 0 Å². The Balaban J connectivity index is 1.75. The quantitative estimate of drug-likeness (QED) is 0.862. The van der Waals surface area contributed by atoms with Crippen LogP contribution in [0.3, 0.4) is 0 Å². The summed E-state index contributed by atoms with van der Waals surface area (Å²) in [7, 11) is -3.67. The fourth-order valence-corrected chi connectivity index (χ4v) is 4.82. The van der Waals surface area contributed by atoms with E-state index in [9.17, 15) is 13.2 Å². The summed E-state index contributed by atoms with van der Waals surface area (Å²) < 4.78 is 27.2. The summed E-state index contributed by atoms with van der Waals surface area (Å²) in [6.45, 7) is 2.40. The highest BCUT2D eigenvalue weighted by molar-refractivity contribution is 7.89. The molecule has 7 heteroatoms. The number of nitrogens with one attached hydrogen (secondary N) is 1. The topological polar surface area (TPSA) is 66.5 Å². The smallest absolute Gasteiger partial charge is 0.243 e. The third kappa shape index (κ3) is 4.09. The monoisotopic (exact) mass is 392 g/mol. The first kappa shape index (κ1) is 18.9. The SMILES string of the molecule is Cc1ccc(S(=O)(=O)N2CCC[C@@H](C(=O)Nc3ccccc3)C2)cc1Cl. The van der Waals surface area contributed by atoms with Crippen LogP contribution < -0.4 is 5.32 Å². The summed E-state index contributed by atoms with van der Waals surface area (Å²) in [6, 6.07) is 13.9. The minimum Gasteiger partial charge on any atom is -0.326 e. The van der Waals surface area contributed by atoms with Gasteiger partial charge in [-0.25, -0.2) is 8.42 Å². The van der Waals surface area contributed by atoms with Crippen molar-refractivity contribution in [2.24, 2.45) is 5.92 Å². The number of amides is 1. The van der Waals surface area contributed by atoms with Gasteiger partial charge in [0.25, 0.3) is 0 Å². The number of anilines is 1.